The van der Waals surface area contributed by atoms with Crippen LogP contribution >= 0.6 is 0 Å². The Morgan fingerprint density at radius 1 is 0.962 bits per heavy atom. The molecule has 0 aliphatic rings. The van der Waals surface area contributed by atoms with Crippen LogP contribution in [0.3, 0.4) is 0 Å². The maximum atomic E-state index is 11.5. The summed E-state index contributed by atoms with van der Waals surface area (Å²) in [5, 5.41) is 18.6. The Hall–Kier alpha value is -3.51. The van der Waals surface area contributed by atoms with Crippen molar-refractivity contribution < 1.29 is 19.0 Å². The third-order valence-electron chi connectivity index (χ3n) is 3.93. The van der Waals surface area contributed by atoms with Crippen molar-refractivity contribution >= 4 is 5.97 Å². The quantitative estimate of drug-likeness (QED) is 0.711. The molecule has 0 heterocycles. The van der Waals surface area contributed by atoms with Crippen LogP contribution in [0.2, 0.25) is 0 Å². The Morgan fingerprint density at radius 3 is 2.04 bits per heavy atom. The van der Waals surface area contributed by atoms with Crippen LogP contribution in [0.15, 0.2) is 48.5 Å². The predicted molar refractivity (Wildman–Crippen MR) is 93.7 cm³/mol. The van der Waals surface area contributed by atoms with E-state index in [4.69, 9.17) is 9.47 Å². The topological polar surface area (TPSA) is 92.3 Å². The SMILES string of the molecule is COC(=O)c1ccc(C(COc2ccc(OC)cc2)C(C#N)C#N)cc1. The van der Waals surface area contributed by atoms with Gasteiger partial charge in [-0.25, -0.2) is 4.79 Å². The first-order chi connectivity index (χ1) is 12.6. The van der Waals surface area contributed by atoms with E-state index in [1.165, 1.54) is 7.11 Å². The van der Waals surface area contributed by atoms with Crippen LogP contribution in [0, 0.1) is 28.6 Å². The Morgan fingerprint density at radius 2 is 1.54 bits per heavy atom. The monoisotopic (exact) mass is 350 g/mol. The van der Waals surface area contributed by atoms with E-state index in [0.717, 1.165) is 5.56 Å². The number of rotatable bonds is 7. The number of hydrogen-bond acceptors (Lipinski definition) is 6. The summed E-state index contributed by atoms with van der Waals surface area (Å²) in [5.74, 6) is -0.466. The standard InChI is InChI=1S/C20H18N2O4/c1-24-17-7-9-18(10-8-17)26-13-19(16(11-21)12-22)14-3-5-15(6-4-14)20(23)25-2/h3-10,16,19H,13H2,1-2H3. The molecule has 0 N–H and O–H groups in total. The number of methoxy groups -OCH3 is 2. The van der Waals surface area contributed by atoms with E-state index in [1.807, 2.05) is 12.1 Å². The zero-order valence-electron chi connectivity index (χ0n) is 14.5. The van der Waals surface area contributed by atoms with E-state index in [2.05, 4.69) is 4.74 Å². The Balaban J connectivity index is 2.19. The van der Waals surface area contributed by atoms with Gasteiger partial charge in [-0.15, -0.1) is 0 Å². The van der Waals surface area contributed by atoms with Crippen LogP contribution in [0.1, 0.15) is 21.8 Å². The fourth-order valence-corrected chi connectivity index (χ4v) is 2.44. The molecule has 0 saturated heterocycles. The van der Waals surface area contributed by atoms with Gasteiger partial charge in [0.25, 0.3) is 0 Å². The molecule has 2 rings (SSSR count). The molecule has 2 aromatic rings. The molecular formula is C20H18N2O4. The second kappa shape index (κ2) is 9.10. The summed E-state index contributed by atoms with van der Waals surface area (Å²) in [7, 11) is 2.89. The molecule has 0 fully saturated rings. The predicted octanol–water partition coefficient (Wildman–Crippen LogP) is 3.31. The molecule has 0 aliphatic heterocycles. The molecule has 0 aliphatic carbocycles. The third kappa shape index (κ3) is 4.52. The highest BCUT2D eigenvalue weighted by Crippen LogP contribution is 2.27. The molecule has 0 aromatic heterocycles. The lowest BCUT2D eigenvalue weighted by Crippen LogP contribution is -2.18. The zero-order valence-corrected chi connectivity index (χ0v) is 14.5. The average molecular weight is 350 g/mol. The van der Waals surface area contributed by atoms with Crippen molar-refractivity contribution in [1.82, 2.24) is 0 Å². The normalized spacial score (nSPS) is 11.1. The zero-order chi connectivity index (χ0) is 18.9. The van der Waals surface area contributed by atoms with Gasteiger partial charge in [-0.2, -0.15) is 10.5 Å². The van der Waals surface area contributed by atoms with Crippen molar-refractivity contribution in [2.24, 2.45) is 5.92 Å². The molecule has 0 spiro atoms. The molecule has 1 atom stereocenters. The number of carbonyl (C=O) groups excluding carboxylic acids is 1. The molecule has 0 amide bonds. The molecule has 2 aromatic carbocycles. The largest absolute Gasteiger partial charge is 0.497 e. The summed E-state index contributed by atoms with van der Waals surface area (Å²) in [4.78, 5) is 11.5. The molecule has 6 nitrogen and oxygen atoms in total. The van der Waals surface area contributed by atoms with Crippen molar-refractivity contribution in [2.45, 2.75) is 5.92 Å². The van der Waals surface area contributed by atoms with Crippen molar-refractivity contribution in [3.63, 3.8) is 0 Å². The first-order valence-corrected chi connectivity index (χ1v) is 7.87. The molecule has 26 heavy (non-hydrogen) atoms. The number of hydrogen-bond donors (Lipinski definition) is 0. The van der Waals surface area contributed by atoms with Gasteiger partial charge < -0.3 is 14.2 Å². The number of benzene rings is 2. The number of carbonyl (C=O) groups is 1. The fraction of sp³-hybridized carbons (Fsp3) is 0.250. The summed E-state index contributed by atoms with van der Waals surface area (Å²) in [6.45, 7) is 0.148. The van der Waals surface area contributed by atoms with Crippen molar-refractivity contribution in [3.8, 4) is 23.6 Å². The van der Waals surface area contributed by atoms with Gasteiger partial charge >= 0.3 is 5.97 Å². The molecule has 0 bridgehead atoms. The van der Waals surface area contributed by atoms with E-state index in [1.54, 1.807) is 55.6 Å². The van der Waals surface area contributed by atoms with Crippen LogP contribution in [-0.4, -0.2) is 26.8 Å². The minimum atomic E-state index is -0.878. The lowest BCUT2D eigenvalue weighted by atomic mass is 9.88. The second-order valence-corrected chi connectivity index (χ2v) is 5.44. The molecule has 0 saturated carbocycles. The lowest BCUT2D eigenvalue weighted by Gasteiger charge is -2.19. The van der Waals surface area contributed by atoms with Crippen molar-refractivity contribution in [3.05, 3.63) is 59.7 Å². The van der Waals surface area contributed by atoms with Crippen LogP contribution in [0.4, 0.5) is 0 Å². The molecule has 132 valence electrons. The second-order valence-electron chi connectivity index (χ2n) is 5.44. The van der Waals surface area contributed by atoms with Gasteiger partial charge in [-0.05, 0) is 42.0 Å². The highest BCUT2D eigenvalue weighted by Gasteiger charge is 2.24. The molecule has 1 unspecified atom stereocenters. The van der Waals surface area contributed by atoms with Gasteiger partial charge in [0, 0.05) is 5.92 Å². The van der Waals surface area contributed by atoms with Crippen molar-refractivity contribution in [2.75, 3.05) is 20.8 Å². The van der Waals surface area contributed by atoms with Gasteiger partial charge in [0.2, 0.25) is 0 Å². The van der Waals surface area contributed by atoms with Crippen LogP contribution < -0.4 is 9.47 Å². The Bertz CT molecular complexity index is 803. The first kappa shape index (κ1) is 18.8. The Kier molecular flexibility index (Phi) is 6.59. The van der Waals surface area contributed by atoms with Crippen molar-refractivity contribution in [1.29, 1.82) is 10.5 Å². The highest BCUT2D eigenvalue weighted by atomic mass is 16.5. The summed E-state index contributed by atoms with van der Waals surface area (Å²) in [6, 6.07) is 17.7. The van der Waals surface area contributed by atoms with E-state index in [0.29, 0.717) is 17.1 Å². The van der Waals surface area contributed by atoms with Gasteiger partial charge in [-0.3, -0.25) is 0 Å². The van der Waals surface area contributed by atoms with Gasteiger partial charge in [0.1, 0.15) is 17.4 Å². The molecular weight excluding hydrogens is 332 g/mol. The van der Waals surface area contributed by atoms with E-state index in [9.17, 15) is 15.3 Å². The summed E-state index contributed by atoms with van der Waals surface area (Å²) < 4.78 is 15.5. The van der Waals surface area contributed by atoms with E-state index >= 15 is 0 Å². The van der Waals surface area contributed by atoms with Crippen LogP contribution in [-0.2, 0) is 4.74 Å². The van der Waals surface area contributed by atoms with Gasteiger partial charge in [0.05, 0.1) is 38.5 Å². The number of nitrogens with zero attached hydrogens (tertiary/aromatic N) is 2. The maximum Gasteiger partial charge on any atom is 0.337 e. The number of esters is 1. The maximum absolute atomic E-state index is 11.5. The van der Waals surface area contributed by atoms with Gasteiger partial charge in [0.15, 0.2) is 0 Å². The highest BCUT2D eigenvalue weighted by molar-refractivity contribution is 5.89. The summed E-state index contributed by atoms with van der Waals surface area (Å²) >= 11 is 0. The fourth-order valence-electron chi connectivity index (χ4n) is 2.44. The molecule has 6 heteroatoms. The minimum absolute atomic E-state index is 0.148. The van der Waals surface area contributed by atoms with Crippen LogP contribution in [0.5, 0.6) is 11.5 Å². The van der Waals surface area contributed by atoms with Gasteiger partial charge in [-0.1, -0.05) is 12.1 Å². The summed E-state index contributed by atoms with van der Waals surface area (Å²) in [5.41, 5.74) is 1.14. The molecule has 0 radical (unpaired) electrons. The minimum Gasteiger partial charge on any atom is -0.497 e. The van der Waals surface area contributed by atoms with E-state index < -0.39 is 17.8 Å². The third-order valence-corrected chi connectivity index (χ3v) is 3.93. The van der Waals surface area contributed by atoms with E-state index in [-0.39, 0.29) is 6.61 Å². The number of nitriles is 2. The first-order valence-electron chi connectivity index (χ1n) is 7.87. The smallest absolute Gasteiger partial charge is 0.337 e. The summed E-state index contributed by atoms with van der Waals surface area (Å²) in [6.07, 6.45) is 0. The number of ether oxygens (including phenoxy) is 3. The van der Waals surface area contributed by atoms with Crippen LogP contribution in [0.25, 0.3) is 0 Å². The lowest BCUT2D eigenvalue weighted by molar-refractivity contribution is 0.0600. The Labute approximate surface area is 152 Å². The average Bonchev–Trinajstić information content (AvgIpc) is 2.71.